The van der Waals surface area contributed by atoms with Gasteiger partial charge in [-0.15, -0.1) is 0 Å². The largest absolute Gasteiger partial charge is 0.496 e. The lowest BCUT2D eigenvalue weighted by molar-refractivity contribution is 0.0226. The maximum Gasteiger partial charge on any atom is 0.123 e. The lowest BCUT2D eigenvalue weighted by atomic mass is 9.70. The zero-order chi connectivity index (χ0) is 18.6. The van der Waals surface area contributed by atoms with Crippen LogP contribution in [0.5, 0.6) is 5.75 Å². The fraction of sp³-hybridized carbons (Fsp3) is 0.478. The molecule has 3 nitrogen and oxygen atoms in total. The molecule has 26 heavy (non-hydrogen) atoms. The minimum Gasteiger partial charge on any atom is -0.496 e. The van der Waals surface area contributed by atoms with Crippen LogP contribution in [0.3, 0.4) is 0 Å². The second-order valence-corrected chi connectivity index (χ2v) is 7.72. The van der Waals surface area contributed by atoms with Gasteiger partial charge in [-0.05, 0) is 63.7 Å². The Morgan fingerprint density at radius 3 is 2.27 bits per heavy atom. The molecule has 0 aliphatic heterocycles. The molecule has 0 amide bonds. The van der Waals surface area contributed by atoms with Gasteiger partial charge in [0, 0.05) is 11.1 Å². The van der Waals surface area contributed by atoms with Crippen molar-refractivity contribution in [1.82, 2.24) is 4.90 Å². The summed E-state index contributed by atoms with van der Waals surface area (Å²) in [6, 6.07) is 18.7. The van der Waals surface area contributed by atoms with E-state index in [-0.39, 0.29) is 11.6 Å². The molecule has 1 saturated carbocycles. The molecule has 3 rings (SSSR count). The highest BCUT2D eigenvalue weighted by Crippen LogP contribution is 2.46. The summed E-state index contributed by atoms with van der Waals surface area (Å²) in [6.07, 6.45) is 4.62. The number of hydrogen-bond donors (Lipinski definition) is 1. The third-order valence-electron chi connectivity index (χ3n) is 6.15. The number of rotatable bonds is 6. The van der Waals surface area contributed by atoms with Crippen molar-refractivity contribution in [3.05, 3.63) is 65.7 Å². The van der Waals surface area contributed by atoms with E-state index in [0.717, 1.165) is 37.9 Å². The molecule has 0 spiro atoms. The van der Waals surface area contributed by atoms with E-state index in [9.17, 15) is 5.11 Å². The van der Waals surface area contributed by atoms with Crippen LogP contribution in [-0.4, -0.2) is 37.3 Å². The number of ether oxygens (including phenoxy) is 1. The Labute approximate surface area is 157 Å². The first kappa shape index (κ1) is 18.9. The molecule has 0 bridgehead atoms. The van der Waals surface area contributed by atoms with E-state index in [4.69, 9.17) is 4.74 Å². The Morgan fingerprint density at radius 1 is 1.04 bits per heavy atom. The second kappa shape index (κ2) is 8.24. The molecular formula is C23H31NO2. The topological polar surface area (TPSA) is 32.7 Å². The monoisotopic (exact) mass is 353 g/mol. The molecule has 3 heteroatoms. The van der Waals surface area contributed by atoms with Crippen molar-refractivity contribution in [3.8, 4) is 5.75 Å². The Kier molecular flexibility index (Phi) is 6.00. The van der Waals surface area contributed by atoms with Crippen molar-refractivity contribution in [2.75, 3.05) is 21.2 Å². The van der Waals surface area contributed by atoms with Crippen molar-refractivity contribution in [2.45, 2.75) is 43.7 Å². The standard InChI is InChI=1S/C23H31NO2/c1-24(2)23(20-11-7-8-12-22(20)26-3)15-13-19(14-16-23)21(25)17-18-9-5-4-6-10-18/h4-12,19,21,25H,13-17H2,1-3H3. The van der Waals surface area contributed by atoms with Gasteiger partial charge in [0.2, 0.25) is 0 Å². The zero-order valence-corrected chi connectivity index (χ0v) is 16.2. The number of aliphatic hydroxyl groups excluding tert-OH is 1. The van der Waals surface area contributed by atoms with Crippen molar-refractivity contribution in [2.24, 2.45) is 5.92 Å². The number of para-hydroxylation sites is 1. The van der Waals surface area contributed by atoms with E-state index >= 15 is 0 Å². The van der Waals surface area contributed by atoms with Gasteiger partial charge < -0.3 is 9.84 Å². The minimum absolute atomic E-state index is 0.0183. The Balaban J connectivity index is 1.73. The van der Waals surface area contributed by atoms with E-state index in [1.807, 2.05) is 24.3 Å². The minimum atomic E-state index is -0.268. The molecule has 1 atom stereocenters. The Bertz CT molecular complexity index is 690. The van der Waals surface area contributed by atoms with Crippen LogP contribution in [0.1, 0.15) is 36.8 Å². The van der Waals surface area contributed by atoms with Gasteiger partial charge in [-0.2, -0.15) is 0 Å². The van der Waals surface area contributed by atoms with E-state index in [2.05, 4.69) is 49.3 Å². The summed E-state index contributed by atoms with van der Waals surface area (Å²) in [5.74, 6) is 1.32. The molecule has 1 N–H and O–H groups in total. The number of methoxy groups -OCH3 is 1. The van der Waals surface area contributed by atoms with Crippen molar-refractivity contribution in [1.29, 1.82) is 0 Å². The summed E-state index contributed by atoms with van der Waals surface area (Å²) in [5, 5.41) is 10.8. The van der Waals surface area contributed by atoms with Crippen LogP contribution in [0.4, 0.5) is 0 Å². The van der Waals surface area contributed by atoms with Crippen molar-refractivity contribution in [3.63, 3.8) is 0 Å². The first-order valence-electron chi connectivity index (χ1n) is 9.60. The molecule has 0 aromatic heterocycles. The van der Waals surface area contributed by atoms with Crippen LogP contribution in [0.2, 0.25) is 0 Å². The molecule has 1 unspecified atom stereocenters. The lowest BCUT2D eigenvalue weighted by Crippen LogP contribution is -2.46. The predicted molar refractivity (Wildman–Crippen MR) is 106 cm³/mol. The quantitative estimate of drug-likeness (QED) is 0.843. The molecular weight excluding hydrogens is 322 g/mol. The summed E-state index contributed by atoms with van der Waals surface area (Å²) in [7, 11) is 6.07. The van der Waals surface area contributed by atoms with E-state index in [1.54, 1.807) is 7.11 Å². The molecule has 140 valence electrons. The number of benzene rings is 2. The van der Waals surface area contributed by atoms with Gasteiger partial charge in [0.1, 0.15) is 5.75 Å². The first-order valence-corrected chi connectivity index (χ1v) is 9.60. The van der Waals surface area contributed by atoms with E-state index in [0.29, 0.717) is 5.92 Å². The van der Waals surface area contributed by atoms with Gasteiger partial charge in [-0.3, -0.25) is 4.90 Å². The number of hydrogen-bond acceptors (Lipinski definition) is 3. The normalized spacial score (nSPS) is 24.4. The Hall–Kier alpha value is -1.84. The molecule has 1 fully saturated rings. The molecule has 1 aliphatic rings. The van der Waals surface area contributed by atoms with Crippen LogP contribution in [-0.2, 0) is 12.0 Å². The summed E-state index contributed by atoms with van der Waals surface area (Å²) in [6.45, 7) is 0. The lowest BCUT2D eigenvalue weighted by Gasteiger charge is -2.46. The van der Waals surface area contributed by atoms with Crippen LogP contribution < -0.4 is 4.74 Å². The third kappa shape index (κ3) is 3.79. The molecule has 0 radical (unpaired) electrons. The smallest absolute Gasteiger partial charge is 0.123 e. The zero-order valence-electron chi connectivity index (χ0n) is 16.2. The van der Waals surface area contributed by atoms with Gasteiger partial charge in [-0.25, -0.2) is 0 Å². The average Bonchev–Trinajstić information content (AvgIpc) is 2.68. The van der Waals surface area contributed by atoms with Gasteiger partial charge >= 0.3 is 0 Å². The summed E-state index contributed by atoms with van der Waals surface area (Å²) < 4.78 is 5.65. The van der Waals surface area contributed by atoms with Gasteiger partial charge in [0.15, 0.2) is 0 Å². The highest BCUT2D eigenvalue weighted by molar-refractivity contribution is 5.39. The number of nitrogens with zero attached hydrogens (tertiary/aromatic N) is 1. The van der Waals surface area contributed by atoms with Crippen LogP contribution in [0.25, 0.3) is 0 Å². The van der Waals surface area contributed by atoms with Gasteiger partial charge in [0.05, 0.1) is 13.2 Å². The highest BCUT2D eigenvalue weighted by atomic mass is 16.5. The fourth-order valence-corrected chi connectivity index (χ4v) is 4.51. The predicted octanol–water partition coefficient (Wildman–Crippen LogP) is 4.25. The van der Waals surface area contributed by atoms with Crippen LogP contribution >= 0.6 is 0 Å². The summed E-state index contributed by atoms with van der Waals surface area (Å²) >= 11 is 0. The third-order valence-corrected chi connectivity index (χ3v) is 6.15. The van der Waals surface area contributed by atoms with Crippen molar-refractivity contribution < 1.29 is 9.84 Å². The maximum atomic E-state index is 10.8. The average molecular weight is 354 g/mol. The van der Waals surface area contributed by atoms with E-state index in [1.165, 1.54) is 11.1 Å². The Morgan fingerprint density at radius 2 is 1.65 bits per heavy atom. The van der Waals surface area contributed by atoms with Gasteiger partial charge in [-0.1, -0.05) is 48.5 Å². The molecule has 0 saturated heterocycles. The summed E-state index contributed by atoms with van der Waals surface area (Å²) in [5.41, 5.74) is 2.47. The van der Waals surface area contributed by atoms with E-state index < -0.39 is 0 Å². The fourth-order valence-electron chi connectivity index (χ4n) is 4.51. The second-order valence-electron chi connectivity index (χ2n) is 7.72. The number of aliphatic hydroxyl groups is 1. The summed E-state index contributed by atoms with van der Waals surface area (Å²) in [4.78, 5) is 2.34. The molecule has 0 heterocycles. The molecule has 1 aliphatic carbocycles. The van der Waals surface area contributed by atoms with Crippen LogP contribution in [0, 0.1) is 5.92 Å². The van der Waals surface area contributed by atoms with Gasteiger partial charge in [0.25, 0.3) is 0 Å². The highest BCUT2D eigenvalue weighted by Gasteiger charge is 2.41. The maximum absolute atomic E-state index is 10.8. The SMILES string of the molecule is COc1ccccc1C1(N(C)C)CCC(C(O)Cc2ccccc2)CC1. The van der Waals surface area contributed by atoms with Crippen LogP contribution in [0.15, 0.2) is 54.6 Å². The molecule has 2 aromatic rings. The first-order chi connectivity index (χ1) is 12.6. The van der Waals surface area contributed by atoms with Crippen molar-refractivity contribution >= 4 is 0 Å². The molecule has 2 aromatic carbocycles.